The van der Waals surface area contributed by atoms with E-state index in [4.69, 9.17) is 13.3 Å². The Hall–Kier alpha value is -8.08. The zero-order valence-corrected chi connectivity index (χ0v) is 32.2. The lowest BCUT2D eigenvalue weighted by molar-refractivity contribution is 0.669. The molecule has 60 heavy (non-hydrogen) atoms. The van der Waals surface area contributed by atoms with Crippen LogP contribution in [0.2, 0.25) is 0 Å². The smallest absolute Gasteiger partial charge is 0.143 e. The van der Waals surface area contributed by atoms with Crippen molar-refractivity contribution in [2.75, 3.05) is 4.90 Å². The van der Waals surface area contributed by atoms with Gasteiger partial charge in [0.25, 0.3) is 0 Å². The number of hydrogen-bond acceptors (Lipinski definition) is 4. The van der Waals surface area contributed by atoms with Crippen molar-refractivity contribution in [3.63, 3.8) is 0 Å². The van der Waals surface area contributed by atoms with Crippen LogP contribution in [0.5, 0.6) is 0 Å². The fourth-order valence-electron chi connectivity index (χ4n) is 9.44. The van der Waals surface area contributed by atoms with Crippen molar-refractivity contribution in [3.05, 3.63) is 200 Å². The number of fused-ring (bicyclic) bond motifs is 13. The van der Waals surface area contributed by atoms with E-state index in [1.807, 2.05) is 12.1 Å². The summed E-state index contributed by atoms with van der Waals surface area (Å²) in [5, 5.41) is 11.2. The lowest BCUT2D eigenvalue weighted by Gasteiger charge is -2.26. The Balaban J connectivity index is 0.971. The molecule has 13 aromatic rings. The van der Waals surface area contributed by atoms with Gasteiger partial charge in [0, 0.05) is 49.1 Å². The summed E-state index contributed by atoms with van der Waals surface area (Å²) < 4.78 is 19.4. The van der Waals surface area contributed by atoms with Crippen LogP contribution in [-0.4, -0.2) is 0 Å². The molecule has 0 spiro atoms. The first kappa shape index (κ1) is 32.9. The Labute approximate surface area is 343 Å². The Morgan fingerprint density at radius 3 is 1.53 bits per heavy atom. The molecule has 0 fully saturated rings. The molecule has 0 N–H and O–H groups in total. The average Bonchev–Trinajstić information content (AvgIpc) is 4.01. The molecular weight excluding hydrogens is 735 g/mol. The Kier molecular flexibility index (Phi) is 6.98. The second-order valence-corrected chi connectivity index (χ2v) is 15.6. The lowest BCUT2D eigenvalue weighted by atomic mass is 9.97. The number of furan rings is 3. The van der Waals surface area contributed by atoms with Crippen molar-refractivity contribution in [2.24, 2.45) is 0 Å². The van der Waals surface area contributed by atoms with E-state index in [0.29, 0.717) is 0 Å². The highest BCUT2D eigenvalue weighted by Gasteiger charge is 2.22. The first-order valence-corrected chi connectivity index (χ1v) is 20.3. The lowest BCUT2D eigenvalue weighted by Crippen LogP contribution is -2.10. The molecule has 0 unspecified atom stereocenters. The molecule has 10 aromatic carbocycles. The summed E-state index contributed by atoms with van der Waals surface area (Å²) in [5.74, 6) is 0. The van der Waals surface area contributed by atoms with Crippen LogP contribution < -0.4 is 4.90 Å². The van der Waals surface area contributed by atoms with Crippen LogP contribution in [0.25, 0.3) is 110 Å². The predicted octanol–water partition coefficient (Wildman–Crippen LogP) is 16.5. The van der Waals surface area contributed by atoms with Crippen LogP contribution in [0.4, 0.5) is 17.1 Å². The highest BCUT2D eigenvalue weighted by molar-refractivity contribution is 6.21. The van der Waals surface area contributed by atoms with Crippen molar-refractivity contribution < 1.29 is 13.3 Å². The van der Waals surface area contributed by atoms with Crippen molar-refractivity contribution in [1.29, 1.82) is 0 Å². The van der Waals surface area contributed by atoms with Gasteiger partial charge in [-0.15, -0.1) is 0 Å². The molecule has 0 aliphatic rings. The van der Waals surface area contributed by atoms with Gasteiger partial charge in [-0.3, -0.25) is 0 Å². The van der Waals surface area contributed by atoms with E-state index in [1.165, 1.54) is 5.39 Å². The Morgan fingerprint density at radius 1 is 0.300 bits per heavy atom. The largest absolute Gasteiger partial charge is 0.456 e. The van der Waals surface area contributed by atoms with Gasteiger partial charge in [0.05, 0.1) is 11.1 Å². The first-order chi connectivity index (χ1) is 29.7. The number of para-hydroxylation sites is 1. The maximum Gasteiger partial charge on any atom is 0.143 e. The van der Waals surface area contributed by atoms with Crippen LogP contribution >= 0.6 is 0 Å². The van der Waals surface area contributed by atoms with Crippen molar-refractivity contribution >= 4 is 104 Å². The summed E-state index contributed by atoms with van der Waals surface area (Å²) >= 11 is 0. The van der Waals surface area contributed by atoms with Gasteiger partial charge in [-0.2, -0.15) is 0 Å². The minimum atomic E-state index is 0.851. The molecule has 13 rings (SSSR count). The maximum atomic E-state index is 6.69. The molecule has 0 aliphatic carbocycles. The van der Waals surface area contributed by atoms with Gasteiger partial charge in [-0.1, -0.05) is 127 Å². The molecule has 0 radical (unpaired) electrons. The van der Waals surface area contributed by atoms with Crippen LogP contribution in [-0.2, 0) is 0 Å². The van der Waals surface area contributed by atoms with E-state index >= 15 is 0 Å². The fourth-order valence-corrected chi connectivity index (χ4v) is 9.44. The maximum absolute atomic E-state index is 6.69. The molecule has 0 saturated carbocycles. The average molecular weight is 768 g/mol. The van der Waals surface area contributed by atoms with Gasteiger partial charge in [0.15, 0.2) is 0 Å². The number of anilines is 3. The van der Waals surface area contributed by atoms with Crippen LogP contribution in [0, 0.1) is 0 Å². The predicted molar refractivity (Wildman–Crippen MR) is 249 cm³/mol. The molecule has 0 amide bonds. The number of nitrogens with zero attached hydrogens (tertiary/aromatic N) is 1. The van der Waals surface area contributed by atoms with E-state index in [1.54, 1.807) is 0 Å². The first-order valence-electron chi connectivity index (χ1n) is 20.3. The number of hydrogen-bond donors (Lipinski definition) is 0. The summed E-state index contributed by atoms with van der Waals surface area (Å²) in [6, 6.07) is 70.9. The van der Waals surface area contributed by atoms with Crippen LogP contribution in [0.15, 0.2) is 213 Å². The van der Waals surface area contributed by atoms with E-state index in [0.717, 1.165) is 121 Å². The van der Waals surface area contributed by atoms with Crippen LogP contribution in [0.1, 0.15) is 0 Å². The standard InChI is InChI=1S/C56H33NO3/c1-3-11-42-35(9-1)23-30-45-53-41(14-7-17-51(53)59-55(42)45)37-21-28-40(29-22-37)57(48-15-8-18-52-54(48)46-31-24-36-10-2-4-12-43(36)56(46)60-52)39-26-19-34(20-27-39)38-25-32-50-47(33-38)44-13-5-6-16-49(44)58-50/h1-33H. The minimum absolute atomic E-state index is 0.851. The van der Waals surface area contributed by atoms with Crippen LogP contribution in [0.3, 0.4) is 0 Å². The van der Waals surface area contributed by atoms with Gasteiger partial charge < -0.3 is 18.2 Å². The van der Waals surface area contributed by atoms with Gasteiger partial charge in [0.1, 0.15) is 33.5 Å². The second-order valence-electron chi connectivity index (χ2n) is 15.6. The summed E-state index contributed by atoms with van der Waals surface area (Å²) in [4.78, 5) is 2.35. The van der Waals surface area contributed by atoms with E-state index in [-0.39, 0.29) is 0 Å². The van der Waals surface area contributed by atoms with E-state index < -0.39 is 0 Å². The topological polar surface area (TPSA) is 42.7 Å². The monoisotopic (exact) mass is 767 g/mol. The summed E-state index contributed by atoms with van der Waals surface area (Å²) in [5.41, 5.74) is 13.0. The number of rotatable bonds is 5. The third-order valence-electron chi connectivity index (χ3n) is 12.3. The quantitative estimate of drug-likeness (QED) is 0.175. The van der Waals surface area contributed by atoms with Gasteiger partial charge in [-0.25, -0.2) is 0 Å². The zero-order chi connectivity index (χ0) is 39.3. The molecule has 4 heteroatoms. The number of benzene rings is 10. The normalized spacial score (nSPS) is 12.0. The molecule has 0 saturated heterocycles. The molecule has 0 bridgehead atoms. The SMILES string of the molecule is c1ccc2c(c1)ccc1c2oc2cccc(-c3ccc(N(c4ccc(-c5ccc6oc7ccccc7c6c5)cc4)c4cccc5oc6c7ccccc7ccc6c45)cc3)c21. The third kappa shape index (κ3) is 4.91. The molecule has 0 aliphatic heterocycles. The molecule has 0 atom stereocenters. The highest BCUT2D eigenvalue weighted by Crippen LogP contribution is 2.46. The van der Waals surface area contributed by atoms with Crippen molar-refractivity contribution in [3.8, 4) is 22.3 Å². The van der Waals surface area contributed by atoms with E-state index in [2.05, 4.69) is 193 Å². The molecule has 4 nitrogen and oxygen atoms in total. The van der Waals surface area contributed by atoms with Gasteiger partial charge in [0.2, 0.25) is 0 Å². The summed E-state index contributed by atoms with van der Waals surface area (Å²) in [6.07, 6.45) is 0. The van der Waals surface area contributed by atoms with Crippen molar-refractivity contribution in [2.45, 2.75) is 0 Å². The second kappa shape index (κ2) is 12.7. The minimum Gasteiger partial charge on any atom is -0.456 e. The Morgan fingerprint density at radius 2 is 0.833 bits per heavy atom. The summed E-state index contributed by atoms with van der Waals surface area (Å²) in [7, 11) is 0. The molecule has 3 heterocycles. The Bertz CT molecular complexity index is 3830. The summed E-state index contributed by atoms with van der Waals surface area (Å²) in [6.45, 7) is 0. The van der Waals surface area contributed by atoms with E-state index in [9.17, 15) is 0 Å². The van der Waals surface area contributed by atoms with Gasteiger partial charge in [-0.05, 0) is 106 Å². The van der Waals surface area contributed by atoms with Crippen molar-refractivity contribution in [1.82, 2.24) is 0 Å². The fraction of sp³-hybridized carbons (Fsp3) is 0. The zero-order valence-electron chi connectivity index (χ0n) is 32.2. The molecule has 280 valence electrons. The molecular formula is C56H33NO3. The molecule has 3 aromatic heterocycles. The third-order valence-corrected chi connectivity index (χ3v) is 12.3. The van der Waals surface area contributed by atoms with Gasteiger partial charge >= 0.3 is 0 Å². The highest BCUT2D eigenvalue weighted by atomic mass is 16.3.